The maximum Gasteiger partial charge on any atom is 0.336 e. The molecular weight excluding hydrogens is 332 g/mol. The first-order valence-electron chi connectivity index (χ1n) is 6.64. The first-order valence-corrected chi connectivity index (χ1v) is 7.43. The molecule has 0 aliphatic carbocycles. The quantitative estimate of drug-likeness (QED) is 0.717. The van der Waals surface area contributed by atoms with Crippen molar-refractivity contribution >= 4 is 26.8 Å². The van der Waals surface area contributed by atoms with Gasteiger partial charge >= 0.3 is 5.69 Å². The Hall–Kier alpha value is -2.14. The molecule has 0 bridgehead atoms. The van der Waals surface area contributed by atoms with Gasteiger partial charge < -0.3 is 0 Å². The summed E-state index contributed by atoms with van der Waals surface area (Å²) in [5.41, 5.74) is 0.621. The van der Waals surface area contributed by atoms with Crippen LogP contribution in [0.4, 0.5) is 0 Å². The van der Waals surface area contributed by atoms with E-state index in [1.54, 1.807) is 28.8 Å². The third-order valence-electron chi connectivity index (χ3n) is 3.44. The number of fused-ring (bicyclic) bond motifs is 1. The van der Waals surface area contributed by atoms with Gasteiger partial charge in [0, 0.05) is 11.0 Å². The molecule has 0 spiro atoms. The number of rotatable bonds is 2. The van der Waals surface area contributed by atoms with Crippen molar-refractivity contribution < 1.29 is 0 Å². The van der Waals surface area contributed by atoms with Gasteiger partial charge in [0.2, 0.25) is 0 Å². The van der Waals surface area contributed by atoms with E-state index in [9.17, 15) is 9.59 Å². The van der Waals surface area contributed by atoms with Crippen LogP contribution in [0.15, 0.2) is 62.6 Å². The molecule has 0 unspecified atom stereocenters. The Morgan fingerprint density at radius 1 is 1.05 bits per heavy atom. The van der Waals surface area contributed by atoms with E-state index < -0.39 is 0 Å². The van der Waals surface area contributed by atoms with Gasteiger partial charge in [-0.05, 0) is 37.3 Å². The molecule has 3 rings (SSSR count). The summed E-state index contributed by atoms with van der Waals surface area (Å²) in [7, 11) is 0. The van der Waals surface area contributed by atoms with E-state index in [1.165, 1.54) is 4.57 Å². The van der Waals surface area contributed by atoms with Crippen LogP contribution in [0, 0.1) is 0 Å². The first-order chi connectivity index (χ1) is 10.1. The summed E-state index contributed by atoms with van der Waals surface area (Å²) in [6.07, 6.45) is 0. The Balaban J connectivity index is 2.52. The fourth-order valence-corrected chi connectivity index (χ4v) is 2.82. The average Bonchev–Trinajstić information content (AvgIpc) is 2.50. The molecule has 0 atom stereocenters. The molecule has 1 aromatic heterocycles. The number of para-hydroxylation sites is 1. The number of aryl methyl sites for hydroxylation is 1. The number of hydrogen-bond acceptors (Lipinski definition) is 2. The van der Waals surface area contributed by atoms with Crippen molar-refractivity contribution in [3.05, 3.63) is 73.8 Å². The van der Waals surface area contributed by atoms with Crippen LogP contribution in [-0.2, 0) is 6.54 Å². The minimum Gasteiger partial charge on any atom is -0.293 e. The highest BCUT2D eigenvalue weighted by Crippen LogP contribution is 2.16. The Morgan fingerprint density at radius 2 is 1.76 bits per heavy atom. The summed E-state index contributed by atoms with van der Waals surface area (Å²) < 4.78 is 3.64. The van der Waals surface area contributed by atoms with Crippen molar-refractivity contribution in [3.63, 3.8) is 0 Å². The second kappa shape index (κ2) is 5.33. The lowest BCUT2D eigenvalue weighted by Crippen LogP contribution is -2.38. The molecule has 0 saturated carbocycles. The summed E-state index contributed by atoms with van der Waals surface area (Å²) in [5.74, 6) is 0. The van der Waals surface area contributed by atoms with E-state index in [2.05, 4.69) is 15.9 Å². The van der Waals surface area contributed by atoms with Crippen LogP contribution in [0.3, 0.4) is 0 Å². The Morgan fingerprint density at radius 3 is 2.43 bits per heavy atom. The number of nitrogens with zero attached hydrogens (tertiary/aromatic N) is 2. The molecule has 0 aliphatic heterocycles. The van der Waals surface area contributed by atoms with E-state index in [-0.39, 0.29) is 11.2 Å². The van der Waals surface area contributed by atoms with Crippen LogP contribution >= 0.6 is 15.9 Å². The van der Waals surface area contributed by atoms with Crippen molar-refractivity contribution in [2.75, 3.05) is 0 Å². The fourth-order valence-electron chi connectivity index (χ4n) is 2.46. The highest BCUT2D eigenvalue weighted by Gasteiger charge is 2.13. The molecule has 0 amide bonds. The van der Waals surface area contributed by atoms with E-state index in [1.807, 2.05) is 31.2 Å². The lowest BCUT2D eigenvalue weighted by atomic mass is 10.2. The van der Waals surface area contributed by atoms with Gasteiger partial charge in [-0.3, -0.25) is 9.36 Å². The minimum absolute atomic E-state index is 0.299. The monoisotopic (exact) mass is 344 g/mol. The first kappa shape index (κ1) is 13.8. The summed E-state index contributed by atoms with van der Waals surface area (Å²) in [6, 6.07) is 14.4. The van der Waals surface area contributed by atoms with Gasteiger partial charge in [0.05, 0.1) is 16.6 Å². The Labute approximate surface area is 129 Å². The van der Waals surface area contributed by atoms with Crippen LogP contribution < -0.4 is 11.2 Å². The van der Waals surface area contributed by atoms with Gasteiger partial charge in [-0.1, -0.05) is 34.1 Å². The second-order valence-corrected chi connectivity index (χ2v) is 5.58. The van der Waals surface area contributed by atoms with Gasteiger partial charge in [-0.15, -0.1) is 0 Å². The molecule has 0 aliphatic rings. The van der Waals surface area contributed by atoms with Gasteiger partial charge in [0.15, 0.2) is 0 Å². The van der Waals surface area contributed by atoms with E-state index in [0.29, 0.717) is 23.1 Å². The van der Waals surface area contributed by atoms with E-state index >= 15 is 0 Å². The average molecular weight is 345 g/mol. The molecule has 106 valence electrons. The summed E-state index contributed by atoms with van der Waals surface area (Å²) in [5, 5.41) is 0.523. The molecule has 2 aromatic carbocycles. The third kappa shape index (κ3) is 2.23. The Bertz CT molecular complexity index is 927. The molecule has 0 N–H and O–H groups in total. The zero-order valence-corrected chi connectivity index (χ0v) is 13.0. The van der Waals surface area contributed by atoms with Crippen LogP contribution in [0.5, 0.6) is 0 Å². The molecule has 3 aromatic rings. The zero-order valence-electron chi connectivity index (χ0n) is 11.4. The number of benzene rings is 2. The van der Waals surface area contributed by atoms with Crippen LogP contribution in [0.25, 0.3) is 16.6 Å². The highest BCUT2D eigenvalue weighted by atomic mass is 79.9. The molecule has 5 heteroatoms. The zero-order chi connectivity index (χ0) is 15.0. The fraction of sp³-hybridized carbons (Fsp3) is 0.125. The lowest BCUT2D eigenvalue weighted by Gasteiger charge is -2.12. The van der Waals surface area contributed by atoms with Gasteiger partial charge in [-0.2, -0.15) is 0 Å². The summed E-state index contributed by atoms with van der Waals surface area (Å²) in [6.45, 7) is 2.40. The molecule has 0 radical (unpaired) electrons. The molecular formula is C16H13BrN2O2. The maximum absolute atomic E-state index is 12.7. The van der Waals surface area contributed by atoms with Crippen LogP contribution in [-0.4, -0.2) is 9.13 Å². The van der Waals surface area contributed by atoms with Crippen LogP contribution in [0.1, 0.15) is 6.92 Å². The lowest BCUT2D eigenvalue weighted by molar-refractivity contribution is 0.692. The van der Waals surface area contributed by atoms with Gasteiger partial charge in [0.25, 0.3) is 5.56 Å². The molecule has 0 fully saturated rings. The third-order valence-corrected chi connectivity index (χ3v) is 3.93. The van der Waals surface area contributed by atoms with Crippen molar-refractivity contribution in [1.82, 2.24) is 9.13 Å². The summed E-state index contributed by atoms with van der Waals surface area (Å²) in [4.78, 5) is 25.3. The van der Waals surface area contributed by atoms with Gasteiger partial charge in [0.1, 0.15) is 0 Å². The van der Waals surface area contributed by atoms with Crippen LogP contribution in [0.2, 0.25) is 0 Å². The number of hydrogen-bond donors (Lipinski definition) is 0. The van der Waals surface area contributed by atoms with Gasteiger partial charge in [-0.25, -0.2) is 9.36 Å². The largest absolute Gasteiger partial charge is 0.336 e. The normalized spacial score (nSPS) is 11.0. The van der Waals surface area contributed by atoms with E-state index in [4.69, 9.17) is 0 Å². The SMILES string of the molecule is CCn1c(=O)n(-c2ccccc2)c(=O)c2cc(Br)ccc21. The number of aromatic nitrogens is 2. The van der Waals surface area contributed by atoms with E-state index in [0.717, 1.165) is 4.47 Å². The minimum atomic E-state index is -0.316. The highest BCUT2D eigenvalue weighted by molar-refractivity contribution is 9.10. The Kier molecular flexibility index (Phi) is 3.51. The molecule has 0 saturated heterocycles. The standard InChI is InChI=1S/C16H13BrN2O2/c1-2-18-14-9-8-11(17)10-13(14)15(20)19(16(18)21)12-6-4-3-5-7-12/h3-10H,2H2,1H3. The predicted molar refractivity (Wildman–Crippen MR) is 87.2 cm³/mol. The topological polar surface area (TPSA) is 44.0 Å². The molecule has 1 heterocycles. The van der Waals surface area contributed by atoms with Crippen molar-refractivity contribution in [3.8, 4) is 5.69 Å². The molecule has 21 heavy (non-hydrogen) atoms. The molecule has 4 nitrogen and oxygen atoms in total. The summed E-state index contributed by atoms with van der Waals surface area (Å²) >= 11 is 3.38. The van der Waals surface area contributed by atoms with Crippen molar-refractivity contribution in [1.29, 1.82) is 0 Å². The maximum atomic E-state index is 12.7. The smallest absolute Gasteiger partial charge is 0.293 e. The van der Waals surface area contributed by atoms with Crippen molar-refractivity contribution in [2.24, 2.45) is 0 Å². The second-order valence-electron chi connectivity index (χ2n) is 4.66. The number of halogens is 1. The predicted octanol–water partition coefficient (Wildman–Crippen LogP) is 2.93. The van der Waals surface area contributed by atoms with Crippen molar-refractivity contribution in [2.45, 2.75) is 13.5 Å².